The first-order valence-electron chi connectivity index (χ1n) is 8.89. The van der Waals surface area contributed by atoms with Gasteiger partial charge < -0.3 is 14.3 Å². The van der Waals surface area contributed by atoms with Crippen molar-refractivity contribution < 1.29 is 9.32 Å². The van der Waals surface area contributed by atoms with E-state index in [0.717, 1.165) is 18.5 Å². The van der Waals surface area contributed by atoms with Gasteiger partial charge in [0.2, 0.25) is 0 Å². The fourth-order valence-corrected chi connectivity index (χ4v) is 3.36. The van der Waals surface area contributed by atoms with Crippen LogP contribution < -0.4 is 4.90 Å². The van der Waals surface area contributed by atoms with E-state index in [-0.39, 0.29) is 5.91 Å². The lowest BCUT2D eigenvalue weighted by Gasteiger charge is -2.21. The van der Waals surface area contributed by atoms with Gasteiger partial charge in [-0.2, -0.15) is 4.98 Å². The first-order valence-corrected chi connectivity index (χ1v) is 9.27. The maximum atomic E-state index is 12.7. The minimum Gasteiger partial charge on any atom is -0.337 e. The second-order valence-corrected chi connectivity index (χ2v) is 6.85. The Labute approximate surface area is 162 Å². The van der Waals surface area contributed by atoms with Gasteiger partial charge in [-0.05, 0) is 41.9 Å². The SMILES string of the molecule is O=C(c1cccc(Cl)c1)N1CCCN(c2noc(-c3ccccc3)n2)CC1. The maximum absolute atomic E-state index is 12.7. The summed E-state index contributed by atoms with van der Waals surface area (Å²) in [4.78, 5) is 21.2. The van der Waals surface area contributed by atoms with Crippen LogP contribution in [0, 0.1) is 0 Å². The van der Waals surface area contributed by atoms with E-state index in [1.54, 1.807) is 24.3 Å². The first-order chi connectivity index (χ1) is 13.2. The van der Waals surface area contributed by atoms with E-state index < -0.39 is 0 Å². The molecule has 0 spiro atoms. The monoisotopic (exact) mass is 382 g/mol. The minimum atomic E-state index is -0.00237. The second-order valence-electron chi connectivity index (χ2n) is 6.41. The molecule has 0 radical (unpaired) electrons. The normalized spacial score (nSPS) is 14.9. The van der Waals surface area contributed by atoms with Crippen LogP contribution in [0.4, 0.5) is 5.95 Å². The molecule has 0 bridgehead atoms. The van der Waals surface area contributed by atoms with Crippen molar-refractivity contribution in [3.63, 3.8) is 0 Å². The Morgan fingerprint density at radius 2 is 1.85 bits per heavy atom. The number of anilines is 1. The quantitative estimate of drug-likeness (QED) is 0.690. The highest BCUT2D eigenvalue weighted by Crippen LogP contribution is 2.21. The summed E-state index contributed by atoms with van der Waals surface area (Å²) in [5.74, 6) is 1.06. The molecule has 2 heterocycles. The molecule has 1 amide bonds. The van der Waals surface area contributed by atoms with E-state index >= 15 is 0 Å². The fourth-order valence-electron chi connectivity index (χ4n) is 3.17. The summed E-state index contributed by atoms with van der Waals surface area (Å²) in [6.07, 6.45) is 0.835. The summed E-state index contributed by atoms with van der Waals surface area (Å²) in [7, 11) is 0. The van der Waals surface area contributed by atoms with Crippen molar-refractivity contribution in [1.82, 2.24) is 15.0 Å². The molecule has 0 atom stereocenters. The van der Waals surface area contributed by atoms with Crippen LogP contribution in [-0.4, -0.2) is 47.1 Å². The molecule has 7 heteroatoms. The third kappa shape index (κ3) is 3.95. The van der Waals surface area contributed by atoms with Crippen molar-refractivity contribution in [3.05, 3.63) is 65.2 Å². The average Bonchev–Trinajstić information content (AvgIpc) is 3.06. The summed E-state index contributed by atoms with van der Waals surface area (Å²) in [6.45, 7) is 2.71. The Hall–Kier alpha value is -2.86. The molecule has 1 fully saturated rings. The van der Waals surface area contributed by atoms with Crippen LogP contribution in [0.5, 0.6) is 0 Å². The van der Waals surface area contributed by atoms with Gasteiger partial charge in [-0.3, -0.25) is 4.79 Å². The van der Waals surface area contributed by atoms with Gasteiger partial charge in [-0.1, -0.05) is 35.9 Å². The number of hydrogen-bond acceptors (Lipinski definition) is 5. The Bertz CT molecular complexity index is 928. The second kappa shape index (κ2) is 7.80. The van der Waals surface area contributed by atoms with Gasteiger partial charge in [0.25, 0.3) is 17.7 Å². The standard InChI is InChI=1S/C20H19ClN4O2/c21-17-9-4-8-16(14-17)19(26)24-10-5-11-25(13-12-24)20-22-18(27-23-20)15-6-2-1-3-7-15/h1-4,6-9,14H,5,10-13H2. The van der Waals surface area contributed by atoms with Crippen LogP contribution in [-0.2, 0) is 0 Å². The Balaban J connectivity index is 1.44. The number of rotatable bonds is 3. The van der Waals surface area contributed by atoms with Gasteiger partial charge in [0.05, 0.1) is 0 Å². The van der Waals surface area contributed by atoms with E-state index in [1.807, 2.05) is 35.2 Å². The molecule has 1 saturated heterocycles. The Kier molecular flexibility index (Phi) is 5.07. The van der Waals surface area contributed by atoms with Gasteiger partial charge in [-0.15, -0.1) is 0 Å². The highest BCUT2D eigenvalue weighted by Gasteiger charge is 2.23. The van der Waals surface area contributed by atoms with Gasteiger partial charge in [0.15, 0.2) is 0 Å². The average molecular weight is 383 g/mol. The summed E-state index contributed by atoms with van der Waals surface area (Å²) < 4.78 is 5.40. The molecule has 4 rings (SSSR count). The molecule has 6 nitrogen and oxygen atoms in total. The molecule has 0 N–H and O–H groups in total. The lowest BCUT2D eigenvalue weighted by molar-refractivity contribution is 0.0767. The number of carbonyl (C=O) groups excluding carboxylic acids is 1. The third-order valence-electron chi connectivity index (χ3n) is 4.57. The number of carbonyl (C=O) groups is 1. The highest BCUT2D eigenvalue weighted by atomic mass is 35.5. The number of amides is 1. The van der Waals surface area contributed by atoms with E-state index in [9.17, 15) is 4.79 Å². The van der Waals surface area contributed by atoms with E-state index in [4.69, 9.17) is 16.1 Å². The van der Waals surface area contributed by atoms with Crippen molar-refractivity contribution in [3.8, 4) is 11.5 Å². The van der Waals surface area contributed by atoms with Gasteiger partial charge >= 0.3 is 0 Å². The van der Waals surface area contributed by atoms with Gasteiger partial charge in [0.1, 0.15) is 0 Å². The van der Waals surface area contributed by atoms with Crippen LogP contribution in [0.25, 0.3) is 11.5 Å². The third-order valence-corrected chi connectivity index (χ3v) is 4.81. The Morgan fingerprint density at radius 3 is 2.67 bits per heavy atom. The van der Waals surface area contributed by atoms with Crippen molar-refractivity contribution in [2.45, 2.75) is 6.42 Å². The minimum absolute atomic E-state index is 0.00237. The number of nitrogens with zero attached hydrogens (tertiary/aromatic N) is 4. The molecule has 0 saturated carbocycles. The van der Waals surface area contributed by atoms with Crippen LogP contribution in [0.1, 0.15) is 16.8 Å². The summed E-state index contributed by atoms with van der Waals surface area (Å²) in [6, 6.07) is 16.7. The van der Waals surface area contributed by atoms with Crippen LogP contribution in [0.15, 0.2) is 59.1 Å². The molecular formula is C20H19ClN4O2. The molecule has 1 aliphatic heterocycles. The lowest BCUT2D eigenvalue weighted by Crippen LogP contribution is -2.35. The molecule has 1 aliphatic rings. The topological polar surface area (TPSA) is 62.5 Å². The van der Waals surface area contributed by atoms with Crippen molar-refractivity contribution in [1.29, 1.82) is 0 Å². The smallest absolute Gasteiger partial charge is 0.266 e. The van der Waals surface area contributed by atoms with Crippen LogP contribution in [0.2, 0.25) is 5.02 Å². The zero-order chi connectivity index (χ0) is 18.6. The predicted octanol–water partition coefficient (Wildman–Crippen LogP) is 3.74. The van der Waals surface area contributed by atoms with Crippen molar-refractivity contribution >= 4 is 23.5 Å². The molecule has 0 unspecified atom stereocenters. The largest absolute Gasteiger partial charge is 0.337 e. The van der Waals surface area contributed by atoms with Gasteiger partial charge in [-0.25, -0.2) is 0 Å². The molecule has 2 aromatic carbocycles. The zero-order valence-electron chi connectivity index (χ0n) is 14.7. The molecule has 138 valence electrons. The fraction of sp³-hybridized carbons (Fsp3) is 0.250. The lowest BCUT2D eigenvalue weighted by atomic mass is 10.2. The summed E-state index contributed by atoms with van der Waals surface area (Å²) in [5, 5.41) is 4.68. The van der Waals surface area contributed by atoms with E-state index in [2.05, 4.69) is 15.0 Å². The molecule has 0 aliphatic carbocycles. The van der Waals surface area contributed by atoms with E-state index in [0.29, 0.717) is 42.1 Å². The van der Waals surface area contributed by atoms with E-state index in [1.165, 1.54) is 0 Å². The number of halogens is 1. The zero-order valence-corrected chi connectivity index (χ0v) is 15.5. The molecule has 3 aromatic rings. The number of aromatic nitrogens is 2. The van der Waals surface area contributed by atoms with Crippen molar-refractivity contribution in [2.75, 3.05) is 31.1 Å². The van der Waals surface area contributed by atoms with Crippen molar-refractivity contribution in [2.24, 2.45) is 0 Å². The number of benzene rings is 2. The highest BCUT2D eigenvalue weighted by molar-refractivity contribution is 6.30. The Morgan fingerprint density at radius 1 is 1.00 bits per heavy atom. The molecular weight excluding hydrogens is 364 g/mol. The molecule has 27 heavy (non-hydrogen) atoms. The molecule has 1 aromatic heterocycles. The predicted molar refractivity (Wildman–Crippen MR) is 104 cm³/mol. The van der Waals surface area contributed by atoms with Crippen LogP contribution in [0.3, 0.4) is 0 Å². The van der Waals surface area contributed by atoms with Gasteiger partial charge in [0, 0.05) is 42.3 Å². The van der Waals surface area contributed by atoms with Crippen LogP contribution >= 0.6 is 11.6 Å². The first kappa shape index (κ1) is 17.5. The maximum Gasteiger partial charge on any atom is 0.266 e. The summed E-state index contributed by atoms with van der Waals surface area (Å²) in [5.41, 5.74) is 1.51. The number of hydrogen-bond donors (Lipinski definition) is 0. The summed E-state index contributed by atoms with van der Waals surface area (Å²) >= 11 is 6.01.